The number of rotatable bonds is 1. The molecule has 0 aliphatic heterocycles. The quantitative estimate of drug-likeness (QED) is 0.372. The fourth-order valence-electron chi connectivity index (χ4n) is 11.1. The Bertz CT molecular complexity index is 950. The molecule has 3 N–H and O–H groups in total. The number of hydrogen-bond acceptors (Lipinski definition) is 3. The molecule has 0 unspecified atom stereocenters. The number of carboxylic acids is 1. The summed E-state index contributed by atoms with van der Waals surface area (Å²) >= 11 is 0. The third kappa shape index (κ3) is 2.96. The van der Waals surface area contributed by atoms with Crippen molar-refractivity contribution in [2.45, 2.75) is 119 Å². The van der Waals surface area contributed by atoms with Gasteiger partial charge >= 0.3 is 5.97 Å². The SMILES string of the molecule is C[C@@H]1[C@H]2C3=CC[C@@H]4[C@]5(C)C[C@@H](O)[C@H](O)C(C)(C)[C@@H]5CC[C@]4(C)[C@]3(C)CC[C@@]2(C(=O)O)CCC1(C)C. The Morgan fingerprint density at radius 3 is 2.17 bits per heavy atom. The van der Waals surface area contributed by atoms with Crippen molar-refractivity contribution in [1.82, 2.24) is 0 Å². The minimum atomic E-state index is -0.683. The van der Waals surface area contributed by atoms with E-state index in [1.54, 1.807) is 0 Å². The van der Waals surface area contributed by atoms with E-state index in [2.05, 4.69) is 61.5 Å². The summed E-state index contributed by atoms with van der Waals surface area (Å²) in [5.74, 6) is 0.645. The molecule has 0 saturated heterocycles. The van der Waals surface area contributed by atoms with E-state index in [9.17, 15) is 20.1 Å². The minimum absolute atomic E-state index is 0.0274. The smallest absolute Gasteiger partial charge is 0.310 e. The van der Waals surface area contributed by atoms with Gasteiger partial charge in [0.25, 0.3) is 0 Å². The van der Waals surface area contributed by atoms with Crippen LogP contribution in [0.4, 0.5) is 0 Å². The number of carboxylic acid groups (broad SMARTS) is 1. The topological polar surface area (TPSA) is 77.8 Å². The molecule has 0 aromatic heterocycles. The van der Waals surface area contributed by atoms with E-state index in [4.69, 9.17) is 0 Å². The van der Waals surface area contributed by atoms with Gasteiger partial charge in [-0.15, -0.1) is 0 Å². The molecule has 4 fully saturated rings. The van der Waals surface area contributed by atoms with Crippen molar-refractivity contribution in [2.75, 3.05) is 0 Å². The van der Waals surface area contributed by atoms with Crippen molar-refractivity contribution in [1.29, 1.82) is 0 Å². The molecule has 4 heteroatoms. The maximum Gasteiger partial charge on any atom is 0.310 e. The summed E-state index contributed by atoms with van der Waals surface area (Å²) in [7, 11) is 0. The number of allylic oxidation sites excluding steroid dienone is 2. The number of aliphatic hydroxyl groups excluding tert-OH is 2. The zero-order valence-corrected chi connectivity index (χ0v) is 23.4. The first-order valence-electron chi connectivity index (χ1n) is 14.3. The van der Waals surface area contributed by atoms with Gasteiger partial charge in [0.2, 0.25) is 0 Å². The highest BCUT2D eigenvalue weighted by Crippen LogP contribution is 2.76. The lowest BCUT2D eigenvalue weighted by Gasteiger charge is -2.72. The number of fused-ring (bicyclic) bond motifs is 7. The van der Waals surface area contributed by atoms with Crippen LogP contribution < -0.4 is 0 Å². The predicted octanol–water partition coefficient (Wildman–Crippen LogP) is 6.45. The molecule has 4 saturated carbocycles. The van der Waals surface area contributed by atoms with Gasteiger partial charge in [-0.05, 0) is 102 Å². The van der Waals surface area contributed by atoms with Crippen molar-refractivity contribution in [3.8, 4) is 0 Å². The van der Waals surface area contributed by atoms with Crippen LogP contribution in [0, 0.1) is 56.2 Å². The second-order valence-corrected chi connectivity index (χ2v) is 15.5. The van der Waals surface area contributed by atoms with Crippen LogP contribution in [-0.4, -0.2) is 33.5 Å². The Balaban J connectivity index is 1.63. The van der Waals surface area contributed by atoms with E-state index >= 15 is 0 Å². The minimum Gasteiger partial charge on any atom is -0.481 e. The second-order valence-electron chi connectivity index (χ2n) is 15.5. The lowest BCUT2D eigenvalue weighted by Crippen LogP contribution is -2.67. The fraction of sp³-hybridized carbons (Fsp3) is 0.903. The number of aliphatic hydroxyl groups is 2. The molecule has 4 nitrogen and oxygen atoms in total. The molecule has 10 atom stereocenters. The Kier molecular flexibility index (Phi) is 5.42. The second kappa shape index (κ2) is 7.37. The van der Waals surface area contributed by atoms with Crippen LogP contribution in [0.15, 0.2) is 11.6 Å². The molecule has 5 aliphatic rings. The molecular weight excluding hydrogens is 436 g/mol. The van der Waals surface area contributed by atoms with Crippen molar-refractivity contribution in [2.24, 2.45) is 56.2 Å². The first kappa shape index (κ1) is 25.8. The third-order valence-electron chi connectivity index (χ3n) is 13.8. The number of aliphatic carboxylic acids is 1. The summed E-state index contributed by atoms with van der Waals surface area (Å²) in [6, 6.07) is 0. The monoisotopic (exact) mass is 486 g/mol. The van der Waals surface area contributed by atoms with Crippen LogP contribution in [0.1, 0.15) is 107 Å². The van der Waals surface area contributed by atoms with Crippen LogP contribution in [0.25, 0.3) is 0 Å². The highest BCUT2D eigenvalue weighted by Gasteiger charge is 2.70. The molecule has 0 spiro atoms. The predicted molar refractivity (Wildman–Crippen MR) is 139 cm³/mol. The molecule has 0 aromatic carbocycles. The lowest BCUT2D eigenvalue weighted by molar-refractivity contribution is -0.233. The van der Waals surface area contributed by atoms with E-state index in [1.165, 1.54) is 5.57 Å². The molecule has 0 aromatic rings. The average Bonchev–Trinajstić information content (AvgIpc) is 2.75. The van der Waals surface area contributed by atoms with E-state index in [-0.39, 0.29) is 33.0 Å². The summed E-state index contributed by atoms with van der Waals surface area (Å²) in [6.07, 6.45) is 8.42. The maximum atomic E-state index is 12.9. The van der Waals surface area contributed by atoms with Gasteiger partial charge in [0.1, 0.15) is 0 Å². The zero-order chi connectivity index (χ0) is 26.0. The van der Waals surface area contributed by atoms with Gasteiger partial charge in [0.05, 0.1) is 17.6 Å². The summed E-state index contributed by atoms with van der Waals surface area (Å²) in [4.78, 5) is 12.9. The molecule has 0 radical (unpaired) electrons. The fourth-order valence-corrected chi connectivity index (χ4v) is 11.1. The first-order valence-corrected chi connectivity index (χ1v) is 14.3. The van der Waals surface area contributed by atoms with Crippen molar-refractivity contribution < 1.29 is 20.1 Å². The first-order chi connectivity index (χ1) is 16.0. The van der Waals surface area contributed by atoms with E-state index < -0.39 is 23.6 Å². The van der Waals surface area contributed by atoms with Crippen molar-refractivity contribution in [3.63, 3.8) is 0 Å². The molecule has 5 rings (SSSR count). The Morgan fingerprint density at radius 2 is 1.54 bits per heavy atom. The van der Waals surface area contributed by atoms with Crippen LogP contribution in [0.2, 0.25) is 0 Å². The zero-order valence-electron chi connectivity index (χ0n) is 23.4. The molecule has 5 aliphatic carbocycles. The van der Waals surface area contributed by atoms with Crippen LogP contribution in [0.5, 0.6) is 0 Å². The lowest BCUT2D eigenvalue weighted by atomic mass is 9.33. The van der Waals surface area contributed by atoms with Gasteiger partial charge in [-0.3, -0.25) is 4.79 Å². The van der Waals surface area contributed by atoms with Gasteiger partial charge < -0.3 is 15.3 Å². The van der Waals surface area contributed by atoms with E-state index in [0.717, 1.165) is 44.9 Å². The van der Waals surface area contributed by atoms with Crippen LogP contribution in [0.3, 0.4) is 0 Å². The van der Waals surface area contributed by atoms with Gasteiger partial charge in [-0.1, -0.05) is 67.0 Å². The van der Waals surface area contributed by atoms with Crippen LogP contribution in [-0.2, 0) is 4.79 Å². The average molecular weight is 487 g/mol. The molecule has 0 heterocycles. The van der Waals surface area contributed by atoms with Gasteiger partial charge in [0.15, 0.2) is 0 Å². The maximum absolute atomic E-state index is 12.9. The van der Waals surface area contributed by atoms with Crippen molar-refractivity contribution >= 4 is 5.97 Å². The van der Waals surface area contributed by atoms with Gasteiger partial charge in [0, 0.05) is 0 Å². The highest BCUT2D eigenvalue weighted by molar-refractivity contribution is 5.76. The number of carbonyl (C=O) groups is 1. The normalized spacial score (nSPS) is 54.4. The summed E-state index contributed by atoms with van der Waals surface area (Å²) in [5, 5.41) is 32.5. The molecule has 0 amide bonds. The molecule has 198 valence electrons. The van der Waals surface area contributed by atoms with Crippen LogP contribution >= 0.6 is 0 Å². The number of hydrogen-bond donors (Lipinski definition) is 3. The largest absolute Gasteiger partial charge is 0.481 e. The Labute approximate surface area is 213 Å². The van der Waals surface area contributed by atoms with E-state index in [1.807, 2.05) is 0 Å². The summed E-state index contributed by atoms with van der Waals surface area (Å²) in [6.45, 7) is 18.7. The Hall–Kier alpha value is -0.870. The highest BCUT2D eigenvalue weighted by atomic mass is 16.4. The molecule has 35 heavy (non-hydrogen) atoms. The Morgan fingerprint density at radius 1 is 0.914 bits per heavy atom. The molecular formula is C31H50O4. The third-order valence-corrected chi connectivity index (χ3v) is 13.8. The summed E-state index contributed by atoms with van der Waals surface area (Å²) < 4.78 is 0. The van der Waals surface area contributed by atoms with E-state index in [0.29, 0.717) is 24.2 Å². The standard InChI is InChI=1S/C31H50O4/c1-18-23-19-9-10-22-28(6)17-20(32)24(33)27(4,5)21(28)11-12-30(22,8)29(19,7)14-16-31(23,25(34)35)15-13-26(18,2)3/h9,18,20-24,32-33H,10-17H2,1-8H3,(H,34,35)/t18-,20-,21+,22-,23+,24+,28-,29-,30+,31+/m1/s1. The molecule has 0 bridgehead atoms. The van der Waals surface area contributed by atoms with Gasteiger partial charge in [-0.2, -0.15) is 0 Å². The summed E-state index contributed by atoms with van der Waals surface area (Å²) in [5.41, 5.74) is 0.634. The van der Waals surface area contributed by atoms with Crippen molar-refractivity contribution in [3.05, 3.63) is 11.6 Å². The van der Waals surface area contributed by atoms with Gasteiger partial charge in [-0.25, -0.2) is 0 Å².